The van der Waals surface area contributed by atoms with Gasteiger partial charge in [-0.1, -0.05) is 0 Å². The Morgan fingerprint density at radius 1 is 1.18 bits per heavy atom. The van der Waals surface area contributed by atoms with Crippen LogP contribution in [0.4, 0.5) is 4.39 Å². The van der Waals surface area contributed by atoms with Gasteiger partial charge in [0.1, 0.15) is 17.1 Å². The molecule has 0 unspecified atom stereocenters. The Morgan fingerprint density at radius 3 is 2.41 bits per heavy atom. The van der Waals surface area contributed by atoms with Gasteiger partial charge in [0.15, 0.2) is 0 Å². The normalized spacial score (nSPS) is 11.0. The van der Waals surface area contributed by atoms with Crippen molar-refractivity contribution in [3.63, 3.8) is 0 Å². The average molecular weight is 299 g/mol. The van der Waals surface area contributed by atoms with Crippen LogP contribution >= 0.6 is 0 Å². The number of aryl methyl sites for hydroxylation is 2. The van der Waals surface area contributed by atoms with Crippen LogP contribution in [0.3, 0.4) is 0 Å². The van der Waals surface area contributed by atoms with E-state index >= 15 is 0 Å². The lowest BCUT2D eigenvalue weighted by atomic mass is 10.0. The summed E-state index contributed by atoms with van der Waals surface area (Å²) in [5, 5.41) is 19.7. The van der Waals surface area contributed by atoms with Crippen LogP contribution in [0.1, 0.15) is 15.9 Å². The van der Waals surface area contributed by atoms with Crippen molar-refractivity contribution in [3.05, 3.63) is 53.3 Å². The van der Waals surface area contributed by atoms with E-state index in [1.807, 2.05) is 18.5 Å². The topological polar surface area (TPSA) is 62.5 Å². The number of hydrogen-bond acceptors (Lipinski definition) is 2. The summed E-state index contributed by atoms with van der Waals surface area (Å²) in [4.78, 5) is 11.2. The number of fused-ring (bicyclic) bond motifs is 1. The average Bonchev–Trinajstić information content (AvgIpc) is 2.71. The lowest BCUT2D eigenvalue weighted by Crippen LogP contribution is -1.97. The minimum absolute atomic E-state index is 0.133. The second-order valence-electron chi connectivity index (χ2n) is 5.23. The van der Waals surface area contributed by atoms with Crippen LogP contribution in [0.2, 0.25) is 0 Å². The first-order chi connectivity index (χ1) is 10.4. The molecule has 0 aliphatic carbocycles. The molecule has 0 saturated heterocycles. The molecule has 2 N–H and O–H groups in total. The van der Waals surface area contributed by atoms with Gasteiger partial charge in [-0.15, -0.1) is 0 Å². The van der Waals surface area contributed by atoms with Gasteiger partial charge < -0.3 is 14.8 Å². The van der Waals surface area contributed by atoms with Gasteiger partial charge in [-0.05, 0) is 48.4 Å². The first-order valence-corrected chi connectivity index (χ1v) is 6.71. The van der Waals surface area contributed by atoms with Gasteiger partial charge >= 0.3 is 5.97 Å². The third kappa shape index (κ3) is 2.02. The molecule has 112 valence electrons. The van der Waals surface area contributed by atoms with Crippen LogP contribution in [-0.2, 0) is 7.05 Å². The molecule has 0 radical (unpaired) electrons. The van der Waals surface area contributed by atoms with Gasteiger partial charge in [0.2, 0.25) is 0 Å². The van der Waals surface area contributed by atoms with Gasteiger partial charge in [-0.3, -0.25) is 0 Å². The summed E-state index contributed by atoms with van der Waals surface area (Å²) in [6.07, 6.45) is 0. The van der Waals surface area contributed by atoms with Crippen molar-refractivity contribution >= 4 is 16.9 Å². The van der Waals surface area contributed by atoms with Crippen LogP contribution in [0, 0.1) is 12.7 Å². The molecular weight excluding hydrogens is 285 g/mol. The summed E-state index contributed by atoms with van der Waals surface area (Å²) < 4.78 is 15.0. The third-order valence-electron chi connectivity index (χ3n) is 3.92. The fourth-order valence-electron chi connectivity index (χ4n) is 2.84. The van der Waals surface area contributed by atoms with E-state index in [1.54, 1.807) is 12.1 Å². The highest BCUT2D eigenvalue weighted by atomic mass is 19.1. The minimum atomic E-state index is -1.18. The highest BCUT2D eigenvalue weighted by Crippen LogP contribution is 2.35. The van der Waals surface area contributed by atoms with Gasteiger partial charge in [0.25, 0.3) is 0 Å². The maximum Gasteiger partial charge on any atom is 0.339 e. The fourth-order valence-corrected chi connectivity index (χ4v) is 2.84. The molecular formula is C17H14FNO3. The number of hydrogen-bond donors (Lipinski definition) is 2. The molecule has 0 fully saturated rings. The van der Waals surface area contributed by atoms with Crippen molar-refractivity contribution in [1.29, 1.82) is 0 Å². The minimum Gasteiger partial charge on any atom is -0.507 e. The zero-order valence-electron chi connectivity index (χ0n) is 12.1. The molecule has 0 amide bonds. The molecule has 1 heterocycles. The fraction of sp³-hybridized carbons (Fsp3) is 0.118. The van der Waals surface area contributed by atoms with Gasteiger partial charge in [-0.2, -0.15) is 0 Å². The number of aromatic hydroxyl groups is 1. The number of aromatic nitrogens is 1. The number of aromatic carboxylic acids is 1. The highest BCUT2D eigenvalue weighted by Gasteiger charge is 2.18. The van der Waals surface area contributed by atoms with Crippen LogP contribution in [0.15, 0.2) is 36.4 Å². The predicted octanol–water partition coefficient (Wildman–Crippen LogP) is 3.70. The van der Waals surface area contributed by atoms with E-state index in [0.717, 1.165) is 27.7 Å². The molecule has 22 heavy (non-hydrogen) atoms. The van der Waals surface area contributed by atoms with E-state index < -0.39 is 5.97 Å². The van der Waals surface area contributed by atoms with E-state index in [2.05, 4.69) is 0 Å². The highest BCUT2D eigenvalue weighted by molar-refractivity contribution is 6.00. The second kappa shape index (κ2) is 4.87. The summed E-state index contributed by atoms with van der Waals surface area (Å²) in [6, 6.07) is 9.02. The van der Waals surface area contributed by atoms with E-state index in [0.29, 0.717) is 0 Å². The summed E-state index contributed by atoms with van der Waals surface area (Å²) >= 11 is 0. The molecule has 1 aromatic heterocycles. The number of carboxylic acids is 1. The zero-order valence-corrected chi connectivity index (χ0v) is 12.1. The number of phenols is 1. The molecule has 5 heteroatoms. The van der Waals surface area contributed by atoms with Crippen LogP contribution < -0.4 is 0 Å². The van der Waals surface area contributed by atoms with Gasteiger partial charge in [0.05, 0.1) is 11.2 Å². The Balaban J connectivity index is 2.33. The number of halogens is 1. The molecule has 0 aliphatic rings. The van der Waals surface area contributed by atoms with E-state index in [1.165, 1.54) is 24.3 Å². The van der Waals surface area contributed by atoms with Crippen molar-refractivity contribution in [3.8, 4) is 17.0 Å². The maximum atomic E-state index is 13.1. The maximum absolute atomic E-state index is 13.1. The Kier molecular flexibility index (Phi) is 3.13. The number of benzene rings is 2. The van der Waals surface area contributed by atoms with Crippen molar-refractivity contribution in [2.24, 2.45) is 7.05 Å². The number of rotatable bonds is 2. The Morgan fingerprint density at radius 2 is 1.82 bits per heavy atom. The van der Waals surface area contributed by atoms with Gasteiger partial charge in [-0.25, -0.2) is 9.18 Å². The molecule has 0 aliphatic heterocycles. The molecule has 0 spiro atoms. The predicted molar refractivity (Wildman–Crippen MR) is 81.7 cm³/mol. The number of carbonyl (C=O) groups is 1. The number of carboxylic acid groups (broad SMARTS) is 1. The molecule has 4 nitrogen and oxygen atoms in total. The van der Waals surface area contributed by atoms with Crippen LogP contribution in [0.25, 0.3) is 22.2 Å². The standard InChI is InChI=1S/C17H14FNO3/c1-9-12-7-13(17(21)22)15(20)8-14(12)19(2)16(9)10-3-5-11(18)6-4-10/h3-8,20H,1-2H3,(H,21,22). The molecule has 3 aromatic rings. The molecule has 0 saturated carbocycles. The smallest absolute Gasteiger partial charge is 0.339 e. The lowest BCUT2D eigenvalue weighted by molar-refractivity contribution is 0.0694. The largest absolute Gasteiger partial charge is 0.507 e. The van der Waals surface area contributed by atoms with Crippen LogP contribution in [0.5, 0.6) is 5.75 Å². The molecule has 0 atom stereocenters. The third-order valence-corrected chi connectivity index (χ3v) is 3.92. The first-order valence-electron chi connectivity index (χ1n) is 6.71. The number of nitrogens with zero attached hydrogens (tertiary/aromatic N) is 1. The second-order valence-corrected chi connectivity index (χ2v) is 5.23. The Bertz CT molecular complexity index is 895. The quantitative estimate of drug-likeness (QED) is 0.758. The van der Waals surface area contributed by atoms with E-state index in [-0.39, 0.29) is 17.1 Å². The van der Waals surface area contributed by atoms with Crippen molar-refractivity contribution in [2.45, 2.75) is 6.92 Å². The van der Waals surface area contributed by atoms with E-state index in [4.69, 9.17) is 5.11 Å². The van der Waals surface area contributed by atoms with Crippen molar-refractivity contribution in [1.82, 2.24) is 4.57 Å². The summed E-state index contributed by atoms with van der Waals surface area (Å²) in [5.41, 5.74) is 3.16. The van der Waals surface area contributed by atoms with Crippen molar-refractivity contribution in [2.75, 3.05) is 0 Å². The summed E-state index contributed by atoms with van der Waals surface area (Å²) in [7, 11) is 1.83. The summed E-state index contributed by atoms with van der Waals surface area (Å²) in [5.74, 6) is -1.76. The molecule has 3 rings (SSSR count). The Hall–Kier alpha value is -2.82. The SMILES string of the molecule is Cc1c(-c2ccc(F)cc2)n(C)c2cc(O)c(C(=O)O)cc12. The lowest BCUT2D eigenvalue weighted by Gasteiger charge is -2.06. The zero-order chi connectivity index (χ0) is 16.0. The summed E-state index contributed by atoms with van der Waals surface area (Å²) in [6.45, 7) is 1.88. The van der Waals surface area contributed by atoms with Crippen molar-refractivity contribution < 1.29 is 19.4 Å². The first kappa shape index (κ1) is 14.1. The Labute approximate surface area is 126 Å². The van der Waals surface area contributed by atoms with Gasteiger partial charge in [0, 0.05) is 18.5 Å². The van der Waals surface area contributed by atoms with E-state index in [9.17, 15) is 14.3 Å². The molecule has 0 bridgehead atoms. The van der Waals surface area contributed by atoms with Crippen LogP contribution in [-0.4, -0.2) is 20.7 Å². The molecule has 2 aromatic carbocycles. The monoisotopic (exact) mass is 299 g/mol.